The van der Waals surface area contributed by atoms with E-state index in [0.29, 0.717) is 73.4 Å². The average molecular weight is 914 g/mol. The molecular weight excluding hydrogens is 853 g/mol. The molecule has 3 aromatic rings. The number of carbonyl (C=O) groups is 2. The number of allylic oxidation sites excluding steroid dienone is 4. The van der Waals surface area contributed by atoms with E-state index in [2.05, 4.69) is 37.4 Å². The van der Waals surface area contributed by atoms with Crippen LogP contribution in [0.4, 0.5) is 23.7 Å². The topological polar surface area (TPSA) is 112 Å². The second kappa shape index (κ2) is 14.7. The van der Waals surface area contributed by atoms with Crippen molar-refractivity contribution in [3.8, 4) is 17.1 Å². The lowest BCUT2D eigenvalue weighted by Crippen LogP contribution is -2.67. The normalized spacial score (nSPS) is 39.6. The van der Waals surface area contributed by atoms with Gasteiger partial charge in [-0.2, -0.15) is 13.2 Å². The number of halogens is 4. The molecule has 12 heteroatoms. The molecule has 13 rings (SSSR count). The number of hydrogen-bond donors (Lipinski definition) is 3. The number of ketones is 1. The number of benzene rings is 2. The molecule has 346 valence electrons. The zero-order valence-corrected chi connectivity index (χ0v) is 38.2. The molecule has 6 bridgehead atoms. The van der Waals surface area contributed by atoms with Crippen molar-refractivity contribution in [1.29, 1.82) is 0 Å². The second-order valence-corrected chi connectivity index (χ2v) is 22.8. The van der Waals surface area contributed by atoms with Crippen molar-refractivity contribution in [1.82, 2.24) is 4.90 Å². The summed E-state index contributed by atoms with van der Waals surface area (Å²) in [5, 5.41) is 28.0. The van der Waals surface area contributed by atoms with E-state index in [9.17, 15) is 28.2 Å². The van der Waals surface area contributed by atoms with Gasteiger partial charge in [0.2, 0.25) is 5.78 Å². The number of nitrogens with one attached hydrogen (secondary N) is 1. The number of aliphatic hydroxyl groups excluding tert-OH is 1. The largest absolute Gasteiger partial charge is 0.497 e. The van der Waals surface area contributed by atoms with Gasteiger partial charge in [0.25, 0.3) is 0 Å². The summed E-state index contributed by atoms with van der Waals surface area (Å²) in [5.41, 5.74) is -3.30. The number of alkyl halides is 3. The molecule has 0 radical (unpaired) electrons. The number of anilines is 1. The Bertz CT molecular complexity index is 2460. The summed E-state index contributed by atoms with van der Waals surface area (Å²) in [6.07, 6.45) is 13.0. The third-order valence-electron chi connectivity index (χ3n) is 19.1. The average Bonchev–Trinajstić information content (AvgIpc) is 3.85. The first-order valence-corrected chi connectivity index (χ1v) is 24.3. The number of fused-ring (bicyclic) bond motifs is 1. The monoisotopic (exact) mass is 912 g/mol. The van der Waals surface area contributed by atoms with Gasteiger partial charge in [0.15, 0.2) is 5.76 Å². The van der Waals surface area contributed by atoms with Gasteiger partial charge in [-0.3, -0.25) is 4.79 Å². The van der Waals surface area contributed by atoms with Gasteiger partial charge in [-0.25, -0.2) is 4.79 Å². The predicted octanol–water partition coefficient (Wildman–Crippen LogP) is 12.2. The Labute approximate surface area is 384 Å². The van der Waals surface area contributed by atoms with Crippen molar-refractivity contribution in [2.24, 2.45) is 56.7 Å². The molecule has 1 unspecified atom stereocenters. The summed E-state index contributed by atoms with van der Waals surface area (Å²) in [6.45, 7) is 5.24. The molecule has 65 heavy (non-hydrogen) atoms. The number of aliphatic hydroxyl groups is 2. The van der Waals surface area contributed by atoms with Crippen LogP contribution in [0.25, 0.3) is 11.3 Å². The summed E-state index contributed by atoms with van der Waals surface area (Å²) >= 11 is 6.45. The SMILES string of the molecule is COc1ccc(NC(=O)N(CC23CC4CC(CC(C4)C2)C3)C[C@]2(O)CC[C@H]3[C@]45C=C[C@@]6(C=C4C(=O)c4ccc(-c7cc(C(F)(F)F)ccc7Cl)o4)CC(O)CC[C@]6(C)[C@H]5CC[C@@]32C)cc1. The number of Topliss-reactive ketones (excluding diaryl/α,β-unsaturated/α-hetero) is 1. The van der Waals surface area contributed by atoms with E-state index >= 15 is 4.79 Å². The highest BCUT2D eigenvalue weighted by Crippen LogP contribution is 2.78. The van der Waals surface area contributed by atoms with E-state index in [1.165, 1.54) is 37.5 Å². The first-order valence-electron chi connectivity index (χ1n) is 23.9. The molecule has 2 aromatic carbocycles. The number of methoxy groups -OCH3 is 1. The number of rotatable bonds is 9. The highest BCUT2D eigenvalue weighted by Gasteiger charge is 2.75. The van der Waals surface area contributed by atoms with E-state index in [1.54, 1.807) is 7.11 Å². The van der Waals surface area contributed by atoms with Gasteiger partial charge in [0, 0.05) is 39.6 Å². The summed E-state index contributed by atoms with van der Waals surface area (Å²) < 4.78 is 53.0. The predicted molar refractivity (Wildman–Crippen MR) is 241 cm³/mol. The molecule has 8 nitrogen and oxygen atoms in total. The number of urea groups is 1. The van der Waals surface area contributed by atoms with Gasteiger partial charge in [-0.15, -0.1) is 0 Å². The lowest BCUT2D eigenvalue weighted by molar-refractivity contribution is -0.176. The molecule has 0 aliphatic heterocycles. The first-order chi connectivity index (χ1) is 30.8. The zero-order chi connectivity index (χ0) is 45.5. The molecule has 7 fully saturated rings. The molecule has 2 spiro atoms. The Morgan fingerprint density at radius 3 is 2.20 bits per heavy atom. The lowest BCUT2D eigenvalue weighted by atomic mass is 9.32. The second-order valence-electron chi connectivity index (χ2n) is 22.4. The Hall–Kier alpha value is -4.06. The van der Waals surface area contributed by atoms with Gasteiger partial charge in [-0.05, 0) is 178 Å². The van der Waals surface area contributed by atoms with Gasteiger partial charge in [0.05, 0.1) is 35.9 Å². The maximum absolute atomic E-state index is 15.3. The summed E-state index contributed by atoms with van der Waals surface area (Å²) in [7, 11) is 1.61. The minimum absolute atomic E-state index is 0.000695. The molecule has 3 N–H and O–H groups in total. The van der Waals surface area contributed by atoms with Crippen LogP contribution < -0.4 is 10.1 Å². The summed E-state index contributed by atoms with van der Waals surface area (Å²) in [6, 6.07) is 13.2. The highest BCUT2D eigenvalue weighted by molar-refractivity contribution is 6.33. The van der Waals surface area contributed by atoms with Gasteiger partial charge >= 0.3 is 12.2 Å². The third kappa shape index (κ3) is 6.50. The summed E-state index contributed by atoms with van der Waals surface area (Å²) in [4.78, 5) is 32.0. The van der Waals surface area contributed by atoms with Crippen LogP contribution in [0.3, 0.4) is 0 Å². The molecule has 0 saturated heterocycles. The smallest absolute Gasteiger partial charge is 0.416 e. The van der Waals surface area contributed by atoms with Gasteiger partial charge < -0.3 is 29.6 Å². The van der Waals surface area contributed by atoms with Crippen LogP contribution >= 0.6 is 11.6 Å². The molecule has 8 atom stereocenters. The molecule has 1 aromatic heterocycles. The van der Waals surface area contributed by atoms with E-state index in [0.717, 1.165) is 44.2 Å². The van der Waals surface area contributed by atoms with Crippen LogP contribution in [0, 0.1) is 56.7 Å². The van der Waals surface area contributed by atoms with Crippen LogP contribution in [0.1, 0.15) is 113 Å². The fourth-order valence-electron chi connectivity index (χ4n) is 16.5. The molecule has 2 amide bonds. The van der Waals surface area contributed by atoms with Crippen molar-refractivity contribution in [2.75, 3.05) is 25.5 Å². The lowest BCUT2D eigenvalue weighted by Gasteiger charge is -2.71. The minimum atomic E-state index is -4.60. The third-order valence-corrected chi connectivity index (χ3v) is 19.4. The maximum Gasteiger partial charge on any atom is 0.416 e. The molecule has 1 heterocycles. The first kappa shape index (κ1) is 43.5. The van der Waals surface area contributed by atoms with Crippen LogP contribution in [-0.4, -0.2) is 58.8 Å². The van der Waals surface area contributed by atoms with E-state index in [1.807, 2.05) is 29.2 Å². The Kier molecular flexibility index (Phi) is 9.85. The highest BCUT2D eigenvalue weighted by atomic mass is 35.5. The van der Waals surface area contributed by atoms with Crippen LogP contribution in [0.15, 0.2) is 82.8 Å². The standard InChI is InChI=1S/C53H60ClF3N2O6/c1-47-15-12-36(60)27-50(47)18-19-52(39(28-50)45(61)42-11-10-41(65-42)38-23-34(53(55,56)57)4-9-40(38)54)43(47)13-16-48(2)44(52)14-17-51(48,63)30-59(46(62)58-35-5-7-37(64-3)8-6-35)29-49-24-31-20-32(25-49)22-33(21-31)26-49/h4-11,18-19,23,28,31-33,36,43-44,60,63H,12-17,20-22,24-27,29-30H2,1-3H3,(H,58,62)/t31?,32?,33?,36?,43-,44-,47-,48+,49?,50+,51-,52-/m1/s1. The quantitative estimate of drug-likeness (QED) is 0.146. The Balaban J connectivity index is 0.961. The number of furan rings is 1. The molecular formula is C53H60ClF3N2O6. The Morgan fingerprint density at radius 2 is 1.52 bits per heavy atom. The van der Waals surface area contributed by atoms with E-state index in [4.69, 9.17) is 20.8 Å². The van der Waals surface area contributed by atoms with E-state index < -0.39 is 39.7 Å². The van der Waals surface area contributed by atoms with Gasteiger partial charge in [-0.1, -0.05) is 43.7 Å². The Morgan fingerprint density at radius 1 is 0.862 bits per heavy atom. The fraction of sp³-hybridized carbons (Fsp3) is 0.585. The number of carbonyl (C=O) groups excluding carboxylic acids is 2. The van der Waals surface area contributed by atoms with Crippen molar-refractivity contribution >= 4 is 29.1 Å². The van der Waals surface area contributed by atoms with Crippen molar-refractivity contribution < 1.29 is 42.1 Å². The molecule has 10 aliphatic carbocycles. The number of ether oxygens (including phenoxy) is 1. The molecule has 10 aliphatic rings. The number of nitrogens with zero attached hydrogens (tertiary/aromatic N) is 1. The maximum atomic E-state index is 15.3. The van der Waals surface area contributed by atoms with E-state index in [-0.39, 0.29) is 63.1 Å². The van der Waals surface area contributed by atoms with Crippen LogP contribution in [0.5, 0.6) is 5.75 Å². The number of hydrogen-bond acceptors (Lipinski definition) is 6. The molecule has 7 saturated carbocycles. The fourth-order valence-corrected chi connectivity index (χ4v) is 16.7. The zero-order valence-electron chi connectivity index (χ0n) is 37.5. The van der Waals surface area contributed by atoms with Crippen molar-refractivity contribution in [2.45, 2.75) is 115 Å². The van der Waals surface area contributed by atoms with Crippen LogP contribution in [0.2, 0.25) is 5.02 Å². The van der Waals surface area contributed by atoms with Crippen LogP contribution in [-0.2, 0) is 6.18 Å². The van der Waals surface area contributed by atoms with Crippen molar-refractivity contribution in [3.05, 3.63) is 94.7 Å². The van der Waals surface area contributed by atoms with Crippen molar-refractivity contribution in [3.63, 3.8) is 0 Å². The minimum Gasteiger partial charge on any atom is -0.497 e. The number of amides is 2. The van der Waals surface area contributed by atoms with Gasteiger partial charge in [0.1, 0.15) is 11.5 Å². The summed E-state index contributed by atoms with van der Waals surface area (Å²) in [5.74, 6) is 2.28.